The number of hydrogen-bond donors (Lipinski definition) is 0. The molecule has 0 fully saturated rings. The molecule has 0 rings (SSSR count). The van der Waals surface area contributed by atoms with Crippen LogP contribution in [0.4, 0.5) is 0 Å². The van der Waals surface area contributed by atoms with Crippen molar-refractivity contribution in [1.82, 2.24) is 0 Å². The Morgan fingerprint density at radius 3 is 1.83 bits per heavy atom. The fraction of sp³-hybridized carbons (Fsp3) is 0.895. The third-order valence-corrected chi connectivity index (χ3v) is 4.28. The lowest BCUT2D eigenvalue weighted by atomic mass is 9.91. The first kappa shape index (κ1) is 21.9. The third kappa shape index (κ3) is 12.1. The quantitative estimate of drug-likeness (QED) is 0.337. The van der Waals surface area contributed by atoms with Gasteiger partial charge < -0.3 is 14.6 Å². The average molecular weight is 327 g/mol. The molecule has 0 N–H and O–H groups in total. The molecule has 0 aromatic heterocycles. The van der Waals surface area contributed by atoms with Crippen LogP contribution in [0.2, 0.25) is 0 Å². The Labute approximate surface area is 142 Å². The molecule has 0 amide bonds. The Morgan fingerprint density at radius 1 is 0.826 bits per heavy atom. The molecule has 4 nitrogen and oxygen atoms in total. The largest absolute Gasteiger partial charge is 0.550 e. The number of carbonyl (C=O) groups excluding carboxylic acids is 2. The number of rotatable bonds is 15. The summed E-state index contributed by atoms with van der Waals surface area (Å²) in [6.45, 7) is 5.62. The molecule has 23 heavy (non-hydrogen) atoms. The van der Waals surface area contributed by atoms with Gasteiger partial charge in [-0.1, -0.05) is 71.6 Å². The molecule has 0 aliphatic heterocycles. The number of carboxylic acid groups (broad SMARTS) is 1. The molecule has 0 aliphatic rings. The second kappa shape index (κ2) is 14.5. The Kier molecular flexibility index (Phi) is 13.9. The third-order valence-electron chi connectivity index (χ3n) is 4.28. The summed E-state index contributed by atoms with van der Waals surface area (Å²) in [5, 5.41) is 11.4. The van der Waals surface area contributed by atoms with Gasteiger partial charge in [0.2, 0.25) is 0 Å². The van der Waals surface area contributed by atoms with Crippen molar-refractivity contribution in [3.8, 4) is 0 Å². The zero-order chi connectivity index (χ0) is 17.5. The van der Waals surface area contributed by atoms with Crippen LogP contribution in [0.15, 0.2) is 0 Å². The molecule has 0 spiro atoms. The highest BCUT2D eigenvalue weighted by molar-refractivity contribution is 5.70. The maximum absolute atomic E-state index is 11.4. The highest BCUT2D eigenvalue weighted by Gasteiger charge is 2.24. The van der Waals surface area contributed by atoms with Crippen LogP contribution in [0.1, 0.15) is 97.8 Å². The fourth-order valence-electron chi connectivity index (χ4n) is 2.93. The van der Waals surface area contributed by atoms with E-state index in [2.05, 4.69) is 13.8 Å². The number of carbonyl (C=O) groups is 2. The molecule has 0 aliphatic carbocycles. The topological polar surface area (TPSA) is 66.4 Å². The number of aliphatic carboxylic acids is 1. The summed E-state index contributed by atoms with van der Waals surface area (Å²) in [6.07, 6.45) is 11.6. The molecule has 0 heterocycles. The minimum absolute atomic E-state index is 0.403. The first-order valence-electron chi connectivity index (χ1n) is 9.40. The van der Waals surface area contributed by atoms with Gasteiger partial charge in [-0.05, 0) is 19.3 Å². The van der Waals surface area contributed by atoms with Crippen LogP contribution < -0.4 is 5.11 Å². The van der Waals surface area contributed by atoms with Gasteiger partial charge in [0.1, 0.15) is 6.10 Å². The van der Waals surface area contributed by atoms with Crippen molar-refractivity contribution in [3.63, 3.8) is 0 Å². The lowest BCUT2D eigenvalue weighted by molar-refractivity contribution is -0.314. The number of unbranched alkanes of at least 4 members (excludes halogenated alkanes) is 8. The van der Waals surface area contributed by atoms with Crippen LogP contribution in [0.3, 0.4) is 0 Å². The number of esters is 1. The molecular formula is C19H35O4-. The van der Waals surface area contributed by atoms with E-state index in [1.54, 1.807) is 0 Å². The van der Waals surface area contributed by atoms with Crippen LogP contribution in [0, 0.1) is 5.92 Å². The average Bonchev–Trinajstić information content (AvgIpc) is 2.49. The molecule has 0 aromatic rings. The van der Waals surface area contributed by atoms with Gasteiger partial charge in [-0.25, -0.2) is 0 Å². The molecule has 0 radical (unpaired) electrons. The predicted octanol–water partition coefficient (Wildman–Crippen LogP) is 4.01. The number of ether oxygens (including phenoxy) is 1. The molecule has 2 unspecified atom stereocenters. The van der Waals surface area contributed by atoms with Gasteiger partial charge in [-0.3, -0.25) is 4.79 Å². The summed E-state index contributed by atoms with van der Waals surface area (Å²) in [5.41, 5.74) is 0. The Morgan fingerprint density at radius 2 is 1.30 bits per heavy atom. The van der Waals surface area contributed by atoms with Crippen molar-refractivity contribution < 1.29 is 19.4 Å². The fourth-order valence-corrected chi connectivity index (χ4v) is 2.93. The van der Waals surface area contributed by atoms with E-state index >= 15 is 0 Å². The van der Waals surface area contributed by atoms with E-state index in [9.17, 15) is 14.7 Å². The summed E-state index contributed by atoms with van der Waals surface area (Å²) in [7, 11) is 0. The van der Waals surface area contributed by atoms with Crippen LogP contribution >= 0.6 is 0 Å². The Bertz CT molecular complexity index is 314. The maximum Gasteiger partial charge on any atom is 0.302 e. The van der Waals surface area contributed by atoms with Gasteiger partial charge in [0.15, 0.2) is 0 Å². The normalized spacial score (nSPS) is 13.5. The zero-order valence-corrected chi connectivity index (χ0v) is 15.3. The van der Waals surface area contributed by atoms with Crippen molar-refractivity contribution in [2.24, 2.45) is 5.92 Å². The molecule has 0 saturated carbocycles. The SMILES string of the molecule is CCCCCCCCCC(OC(C)=O)C(CCCCC)C(=O)[O-]. The Balaban J connectivity index is 4.29. The molecule has 0 bridgehead atoms. The van der Waals surface area contributed by atoms with E-state index in [1.807, 2.05) is 0 Å². The van der Waals surface area contributed by atoms with Crippen LogP contribution in [0.5, 0.6) is 0 Å². The van der Waals surface area contributed by atoms with Crippen molar-refractivity contribution in [2.45, 2.75) is 104 Å². The number of carboxylic acids is 1. The summed E-state index contributed by atoms with van der Waals surface area (Å²) in [5.74, 6) is -2.17. The molecular weight excluding hydrogens is 292 g/mol. The maximum atomic E-state index is 11.4. The standard InChI is InChI=1S/C19H36O4/c1-4-6-8-9-10-11-13-15-18(23-16(3)20)17(19(21)22)14-12-7-5-2/h17-18H,4-15H2,1-3H3,(H,21,22)/p-1. The highest BCUT2D eigenvalue weighted by atomic mass is 16.5. The van der Waals surface area contributed by atoms with Gasteiger partial charge >= 0.3 is 5.97 Å². The monoisotopic (exact) mass is 327 g/mol. The van der Waals surface area contributed by atoms with E-state index in [0.717, 1.165) is 32.1 Å². The van der Waals surface area contributed by atoms with Crippen molar-refractivity contribution in [2.75, 3.05) is 0 Å². The summed E-state index contributed by atoms with van der Waals surface area (Å²) in [6, 6.07) is 0. The minimum atomic E-state index is -1.09. The lowest BCUT2D eigenvalue weighted by Crippen LogP contribution is -2.40. The molecule has 0 saturated heterocycles. The first-order chi connectivity index (χ1) is 11.0. The molecule has 0 aromatic carbocycles. The smallest absolute Gasteiger partial charge is 0.302 e. The van der Waals surface area contributed by atoms with Gasteiger partial charge in [-0.15, -0.1) is 0 Å². The molecule has 2 atom stereocenters. The molecule has 4 heteroatoms. The van der Waals surface area contributed by atoms with Gasteiger partial charge in [0, 0.05) is 18.8 Å². The van der Waals surface area contributed by atoms with Crippen LogP contribution in [-0.4, -0.2) is 18.0 Å². The summed E-state index contributed by atoms with van der Waals surface area (Å²) in [4.78, 5) is 22.7. The van der Waals surface area contributed by atoms with E-state index in [0.29, 0.717) is 12.8 Å². The Hall–Kier alpha value is -1.06. The van der Waals surface area contributed by atoms with Crippen molar-refractivity contribution >= 4 is 11.9 Å². The van der Waals surface area contributed by atoms with Gasteiger partial charge in [-0.2, -0.15) is 0 Å². The van der Waals surface area contributed by atoms with Crippen molar-refractivity contribution in [3.05, 3.63) is 0 Å². The predicted molar refractivity (Wildman–Crippen MR) is 90.8 cm³/mol. The van der Waals surface area contributed by atoms with Crippen LogP contribution in [0.25, 0.3) is 0 Å². The summed E-state index contributed by atoms with van der Waals surface area (Å²) >= 11 is 0. The van der Waals surface area contributed by atoms with Gasteiger partial charge in [0.25, 0.3) is 0 Å². The van der Waals surface area contributed by atoms with Crippen LogP contribution in [-0.2, 0) is 14.3 Å². The van der Waals surface area contributed by atoms with E-state index in [1.165, 1.54) is 39.0 Å². The lowest BCUT2D eigenvalue weighted by Gasteiger charge is -2.27. The summed E-state index contributed by atoms with van der Waals surface area (Å²) < 4.78 is 5.29. The minimum Gasteiger partial charge on any atom is -0.550 e. The van der Waals surface area contributed by atoms with Gasteiger partial charge in [0.05, 0.1) is 0 Å². The van der Waals surface area contributed by atoms with E-state index in [-0.39, 0.29) is 0 Å². The highest BCUT2D eigenvalue weighted by Crippen LogP contribution is 2.22. The number of hydrogen-bond acceptors (Lipinski definition) is 4. The first-order valence-corrected chi connectivity index (χ1v) is 9.40. The second-order valence-electron chi connectivity index (χ2n) is 6.48. The zero-order valence-electron chi connectivity index (χ0n) is 15.3. The van der Waals surface area contributed by atoms with E-state index < -0.39 is 24.0 Å². The van der Waals surface area contributed by atoms with Crippen molar-refractivity contribution in [1.29, 1.82) is 0 Å². The second-order valence-corrected chi connectivity index (χ2v) is 6.48. The molecule has 136 valence electrons. The van der Waals surface area contributed by atoms with E-state index in [4.69, 9.17) is 4.74 Å².